The fourth-order valence-corrected chi connectivity index (χ4v) is 2.11. The molecule has 1 amide bonds. The summed E-state index contributed by atoms with van der Waals surface area (Å²) in [6, 6.07) is 8.35. The van der Waals surface area contributed by atoms with Crippen molar-refractivity contribution in [1.29, 1.82) is 0 Å². The number of carbonyl (C=O) groups excluding carboxylic acids is 1. The van der Waals surface area contributed by atoms with Crippen LogP contribution in [0.5, 0.6) is 0 Å². The van der Waals surface area contributed by atoms with Gasteiger partial charge >= 0.3 is 18.1 Å². The second-order valence-electron chi connectivity index (χ2n) is 5.08. The molecule has 8 nitrogen and oxygen atoms in total. The van der Waals surface area contributed by atoms with Gasteiger partial charge in [0, 0.05) is 5.69 Å². The molecule has 0 aliphatic carbocycles. The first-order valence-electron chi connectivity index (χ1n) is 6.99. The summed E-state index contributed by atoms with van der Waals surface area (Å²) >= 11 is 0. The predicted octanol–water partition coefficient (Wildman–Crippen LogP) is 3.17. The number of hydrogen-bond donors (Lipinski definition) is 3. The van der Waals surface area contributed by atoms with E-state index in [4.69, 9.17) is 5.11 Å². The highest BCUT2D eigenvalue weighted by molar-refractivity contribution is 6.04. The van der Waals surface area contributed by atoms with Gasteiger partial charge in [0.05, 0.1) is 16.9 Å². The average Bonchev–Trinajstić information content (AvgIpc) is 3.07. The lowest BCUT2D eigenvalue weighted by atomic mass is 10.2. The van der Waals surface area contributed by atoms with Crippen LogP contribution in [0.2, 0.25) is 0 Å². The maximum atomic E-state index is 12.4. The highest BCUT2D eigenvalue weighted by Crippen LogP contribution is 2.30. The van der Waals surface area contributed by atoms with Gasteiger partial charge in [-0.1, -0.05) is 0 Å². The molecule has 0 saturated heterocycles. The Labute approximate surface area is 142 Å². The molecule has 11 heteroatoms. The molecule has 3 rings (SSSR count). The number of carbonyl (C=O) groups is 2. The molecular weight excluding hydrogens is 357 g/mol. The van der Waals surface area contributed by atoms with Gasteiger partial charge in [0.15, 0.2) is 11.0 Å². The van der Waals surface area contributed by atoms with E-state index in [-0.39, 0.29) is 22.3 Å². The first kappa shape index (κ1) is 17.2. The van der Waals surface area contributed by atoms with Gasteiger partial charge < -0.3 is 15.7 Å². The van der Waals surface area contributed by atoms with E-state index in [0.29, 0.717) is 11.4 Å². The van der Waals surface area contributed by atoms with Crippen molar-refractivity contribution in [1.82, 2.24) is 10.3 Å². The lowest BCUT2D eigenvalue weighted by Gasteiger charge is -2.10. The van der Waals surface area contributed by atoms with E-state index in [2.05, 4.69) is 20.3 Å². The van der Waals surface area contributed by atoms with Crippen molar-refractivity contribution < 1.29 is 32.5 Å². The Morgan fingerprint density at radius 2 is 1.54 bits per heavy atom. The number of aromatic nitrogens is 2. The van der Waals surface area contributed by atoms with E-state index in [9.17, 15) is 22.8 Å². The summed E-state index contributed by atoms with van der Waals surface area (Å²) in [6.07, 6.45) is -5.05. The van der Waals surface area contributed by atoms with Crippen molar-refractivity contribution >= 4 is 40.0 Å². The third-order valence-corrected chi connectivity index (χ3v) is 3.33. The van der Waals surface area contributed by atoms with Crippen molar-refractivity contribution in [2.24, 2.45) is 0 Å². The van der Waals surface area contributed by atoms with Gasteiger partial charge in [-0.25, -0.2) is 9.42 Å². The van der Waals surface area contributed by atoms with Crippen molar-refractivity contribution in [2.45, 2.75) is 6.18 Å². The number of benzene rings is 2. The van der Waals surface area contributed by atoms with Crippen LogP contribution in [-0.2, 0) is 4.79 Å². The van der Waals surface area contributed by atoms with Gasteiger partial charge in [0.2, 0.25) is 0 Å². The average molecular weight is 366 g/mol. The third-order valence-electron chi connectivity index (χ3n) is 3.33. The zero-order chi connectivity index (χ0) is 18.9. The molecular formula is C15H9F3N4O4. The number of halogens is 3. The summed E-state index contributed by atoms with van der Waals surface area (Å²) in [5.74, 6) is -3.23. The Hall–Kier alpha value is -3.63. The lowest BCUT2D eigenvalue weighted by molar-refractivity contribution is -0.167. The monoisotopic (exact) mass is 366 g/mol. The number of nitrogens with one attached hydrogen (secondary N) is 2. The largest absolute Gasteiger partial charge is 0.478 e. The summed E-state index contributed by atoms with van der Waals surface area (Å²) in [6.45, 7) is 0. The second kappa shape index (κ2) is 6.35. The SMILES string of the molecule is O=C(O)c1ccc(Nc2ccc(NC(=O)C(F)(F)F)c3nonc23)cc1. The molecule has 0 unspecified atom stereocenters. The molecule has 0 radical (unpaired) electrons. The zero-order valence-corrected chi connectivity index (χ0v) is 12.7. The molecule has 26 heavy (non-hydrogen) atoms. The number of fused-ring (bicyclic) bond motifs is 1. The van der Waals surface area contributed by atoms with Crippen molar-refractivity contribution in [3.63, 3.8) is 0 Å². The van der Waals surface area contributed by atoms with Gasteiger partial charge in [0.1, 0.15) is 0 Å². The smallest absolute Gasteiger partial charge is 0.471 e. The van der Waals surface area contributed by atoms with E-state index >= 15 is 0 Å². The van der Waals surface area contributed by atoms with Gasteiger partial charge in [-0.2, -0.15) is 13.2 Å². The molecule has 3 N–H and O–H groups in total. The van der Waals surface area contributed by atoms with Crippen LogP contribution < -0.4 is 10.6 Å². The van der Waals surface area contributed by atoms with Crippen LogP contribution in [0, 0.1) is 0 Å². The number of carboxylic acid groups (broad SMARTS) is 1. The van der Waals surface area contributed by atoms with Crippen LogP contribution in [-0.4, -0.2) is 33.5 Å². The third kappa shape index (κ3) is 3.41. The van der Waals surface area contributed by atoms with Gasteiger partial charge in [0.25, 0.3) is 0 Å². The molecule has 0 bridgehead atoms. The second-order valence-corrected chi connectivity index (χ2v) is 5.08. The molecule has 0 aliphatic rings. The first-order chi connectivity index (χ1) is 12.3. The number of anilines is 3. The Balaban J connectivity index is 1.89. The maximum Gasteiger partial charge on any atom is 0.471 e. The van der Waals surface area contributed by atoms with Crippen molar-refractivity contribution in [3.05, 3.63) is 42.0 Å². The molecule has 0 spiro atoms. The Bertz CT molecular complexity index is 983. The minimum absolute atomic E-state index is 0.0743. The van der Waals surface area contributed by atoms with Crippen LogP contribution >= 0.6 is 0 Å². The van der Waals surface area contributed by atoms with E-state index in [1.165, 1.54) is 36.4 Å². The number of hydrogen-bond acceptors (Lipinski definition) is 6. The molecule has 2 aromatic carbocycles. The number of carboxylic acids is 1. The topological polar surface area (TPSA) is 117 Å². The molecule has 0 aliphatic heterocycles. The predicted molar refractivity (Wildman–Crippen MR) is 83.2 cm³/mol. The summed E-state index contributed by atoms with van der Waals surface area (Å²) in [5.41, 5.74) is 0.743. The van der Waals surface area contributed by atoms with E-state index in [1.807, 2.05) is 0 Å². The van der Waals surface area contributed by atoms with E-state index < -0.39 is 18.1 Å². The number of nitrogens with zero attached hydrogens (tertiary/aromatic N) is 2. The van der Waals surface area contributed by atoms with Crippen LogP contribution in [0.1, 0.15) is 10.4 Å². The normalized spacial score (nSPS) is 11.3. The fraction of sp³-hybridized carbons (Fsp3) is 0.0667. The number of aromatic carboxylic acids is 1. The summed E-state index contributed by atoms with van der Waals surface area (Å²) < 4.78 is 41.7. The minimum Gasteiger partial charge on any atom is -0.478 e. The zero-order valence-electron chi connectivity index (χ0n) is 12.7. The molecule has 134 valence electrons. The molecule has 0 fully saturated rings. The highest BCUT2D eigenvalue weighted by atomic mass is 19.4. The fourth-order valence-electron chi connectivity index (χ4n) is 2.11. The van der Waals surface area contributed by atoms with Gasteiger partial charge in [-0.15, -0.1) is 0 Å². The number of amides is 1. The first-order valence-corrected chi connectivity index (χ1v) is 6.99. The Morgan fingerprint density at radius 1 is 0.962 bits per heavy atom. The minimum atomic E-state index is -5.05. The van der Waals surface area contributed by atoms with Crippen molar-refractivity contribution in [2.75, 3.05) is 10.6 Å². The molecule has 3 aromatic rings. The van der Waals surface area contributed by atoms with Crippen molar-refractivity contribution in [3.8, 4) is 0 Å². The Morgan fingerprint density at radius 3 is 2.12 bits per heavy atom. The number of rotatable bonds is 4. The van der Waals surface area contributed by atoms with Crippen LogP contribution in [0.25, 0.3) is 11.0 Å². The summed E-state index contributed by atoms with van der Waals surface area (Å²) in [4.78, 5) is 21.9. The van der Waals surface area contributed by atoms with E-state index in [0.717, 1.165) is 0 Å². The van der Waals surface area contributed by atoms with Gasteiger partial charge in [-0.05, 0) is 46.7 Å². The van der Waals surface area contributed by atoms with Gasteiger partial charge in [-0.3, -0.25) is 4.79 Å². The molecule has 0 saturated carbocycles. The van der Waals surface area contributed by atoms with Crippen LogP contribution in [0.4, 0.5) is 30.2 Å². The molecule has 1 aromatic heterocycles. The summed E-state index contributed by atoms with van der Waals surface area (Å²) in [7, 11) is 0. The quantitative estimate of drug-likeness (QED) is 0.649. The summed E-state index contributed by atoms with van der Waals surface area (Å²) in [5, 5.41) is 20.6. The maximum absolute atomic E-state index is 12.4. The highest BCUT2D eigenvalue weighted by Gasteiger charge is 2.39. The molecule has 1 heterocycles. The van der Waals surface area contributed by atoms with Crippen LogP contribution in [0.3, 0.4) is 0 Å². The standard InChI is InChI=1S/C15H9F3N4O4/c16-15(17,18)14(25)20-10-6-5-9(11-12(10)22-26-21-11)19-8-3-1-7(2-4-8)13(23)24/h1-6,19H,(H,20,25)(H,23,24). The molecule has 0 atom stereocenters. The lowest BCUT2D eigenvalue weighted by Crippen LogP contribution is -2.30. The van der Waals surface area contributed by atoms with E-state index in [1.54, 1.807) is 5.32 Å². The van der Waals surface area contributed by atoms with Crippen LogP contribution in [0.15, 0.2) is 41.0 Å². The number of alkyl halides is 3. The Kier molecular flexibility index (Phi) is 4.20.